The highest BCUT2D eigenvalue weighted by Crippen LogP contribution is 2.31. The minimum absolute atomic E-state index is 0.176. The van der Waals surface area contributed by atoms with Gasteiger partial charge in [-0.15, -0.1) is 0 Å². The van der Waals surface area contributed by atoms with Crippen molar-refractivity contribution < 1.29 is 0 Å². The summed E-state index contributed by atoms with van der Waals surface area (Å²) in [5.41, 5.74) is 3.06. The standard InChI is InChI=1S/C26H30ClN3/c1-19(30-26(14-15-28)22-7-3-2-4-8-22)25(17-20-10-12-24(27)13-11-20)23-9-5-6-21(16-23)18-29/h5-6,9-13,16,19,22,25-26,30H,2-4,7-8,14,17H2,1H3/t19?,25?,26-/m0/s1. The molecule has 0 bridgehead atoms. The van der Waals surface area contributed by atoms with Crippen molar-refractivity contribution in [3.8, 4) is 12.1 Å². The highest BCUT2D eigenvalue weighted by molar-refractivity contribution is 6.30. The number of nitriles is 2. The van der Waals surface area contributed by atoms with Gasteiger partial charge < -0.3 is 5.32 Å². The fourth-order valence-corrected chi connectivity index (χ4v) is 4.87. The molecular weight excluding hydrogens is 390 g/mol. The Morgan fingerprint density at radius 3 is 2.47 bits per heavy atom. The van der Waals surface area contributed by atoms with Crippen molar-refractivity contribution in [3.63, 3.8) is 0 Å². The van der Waals surface area contributed by atoms with Gasteiger partial charge in [0.1, 0.15) is 0 Å². The van der Waals surface area contributed by atoms with Gasteiger partial charge in [-0.3, -0.25) is 0 Å². The van der Waals surface area contributed by atoms with Crippen LogP contribution in [0.3, 0.4) is 0 Å². The fraction of sp³-hybridized carbons (Fsp3) is 0.462. The summed E-state index contributed by atoms with van der Waals surface area (Å²) in [7, 11) is 0. The zero-order valence-corrected chi connectivity index (χ0v) is 18.4. The Balaban J connectivity index is 1.84. The molecule has 0 amide bonds. The van der Waals surface area contributed by atoms with Crippen LogP contribution in [-0.2, 0) is 6.42 Å². The summed E-state index contributed by atoms with van der Waals surface area (Å²) in [5.74, 6) is 0.770. The first kappa shape index (κ1) is 22.4. The first-order valence-corrected chi connectivity index (χ1v) is 11.4. The number of hydrogen-bond acceptors (Lipinski definition) is 3. The van der Waals surface area contributed by atoms with E-state index in [0.29, 0.717) is 17.9 Å². The highest BCUT2D eigenvalue weighted by atomic mass is 35.5. The quantitative estimate of drug-likeness (QED) is 0.540. The molecule has 30 heavy (non-hydrogen) atoms. The van der Waals surface area contributed by atoms with Gasteiger partial charge in [-0.2, -0.15) is 10.5 Å². The SMILES string of the molecule is CC(N[C@@H](CC#N)C1CCCCC1)C(Cc1ccc(Cl)cc1)c1cccc(C#N)c1. The predicted octanol–water partition coefficient (Wildman–Crippen LogP) is 6.38. The van der Waals surface area contributed by atoms with Crippen molar-refractivity contribution in [2.45, 2.75) is 69.9 Å². The van der Waals surface area contributed by atoms with Gasteiger partial charge in [0, 0.05) is 23.0 Å². The Bertz CT molecular complexity index is 888. The third-order valence-corrected chi connectivity index (χ3v) is 6.68. The first-order valence-electron chi connectivity index (χ1n) is 11.0. The van der Waals surface area contributed by atoms with Crippen LogP contribution in [0.1, 0.15) is 68.1 Å². The van der Waals surface area contributed by atoms with Crippen LogP contribution in [0.25, 0.3) is 0 Å². The van der Waals surface area contributed by atoms with Crippen molar-refractivity contribution in [1.29, 1.82) is 10.5 Å². The molecule has 1 saturated carbocycles. The van der Waals surface area contributed by atoms with E-state index in [1.165, 1.54) is 37.7 Å². The van der Waals surface area contributed by atoms with E-state index in [4.69, 9.17) is 11.6 Å². The van der Waals surface area contributed by atoms with Gasteiger partial charge in [0.05, 0.1) is 24.1 Å². The lowest BCUT2D eigenvalue weighted by molar-refractivity contribution is 0.246. The summed E-state index contributed by atoms with van der Waals surface area (Å²) < 4.78 is 0. The Morgan fingerprint density at radius 2 is 1.80 bits per heavy atom. The second-order valence-corrected chi connectivity index (χ2v) is 8.93. The lowest BCUT2D eigenvalue weighted by Crippen LogP contribution is -2.45. The topological polar surface area (TPSA) is 59.6 Å². The van der Waals surface area contributed by atoms with E-state index >= 15 is 0 Å². The Hall–Kier alpha value is -2.33. The molecule has 0 radical (unpaired) electrons. The molecule has 0 heterocycles. The second kappa shape index (κ2) is 11.2. The third-order valence-electron chi connectivity index (χ3n) is 6.42. The van der Waals surface area contributed by atoms with Gasteiger partial charge in [0.25, 0.3) is 0 Å². The van der Waals surface area contributed by atoms with Gasteiger partial charge in [0.15, 0.2) is 0 Å². The van der Waals surface area contributed by atoms with Gasteiger partial charge in [-0.25, -0.2) is 0 Å². The maximum Gasteiger partial charge on any atom is 0.0991 e. The summed E-state index contributed by atoms with van der Waals surface area (Å²) in [4.78, 5) is 0. The average Bonchev–Trinajstić information content (AvgIpc) is 2.79. The number of halogens is 1. The van der Waals surface area contributed by atoms with Gasteiger partial charge in [0.2, 0.25) is 0 Å². The summed E-state index contributed by atoms with van der Waals surface area (Å²) >= 11 is 6.08. The summed E-state index contributed by atoms with van der Waals surface area (Å²) in [6, 6.07) is 21.0. The van der Waals surface area contributed by atoms with Crippen LogP contribution in [0, 0.1) is 28.6 Å². The number of nitrogens with one attached hydrogen (secondary N) is 1. The monoisotopic (exact) mass is 419 g/mol. The Morgan fingerprint density at radius 1 is 1.07 bits per heavy atom. The molecule has 0 saturated heterocycles. The highest BCUT2D eigenvalue weighted by Gasteiger charge is 2.28. The van der Waals surface area contributed by atoms with Gasteiger partial charge in [-0.1, -0.05) is 55.1 Å². The van der Waals surface area contributed by atoms with Crippen molar-refractivity contribution in [2.75, 3.05) is 0 Å². The number of rotatable bonds is 8. The molecule has 3 atom stereocenters. The zero-order chi connectivity index (χ0) is 21.3. The van der Waals surface area contributed by atoms with Crippen LogP contribution in [0.15, 0.2) is 48.5 Å². The molecule has 0 aliphatic heterocycles. The average molecular weight is 420 g/mol. The predicted molar refractivity (Wildman–Crippen MR) is 122 cm³/mol. The van der Waals surface area contributed by atoms with Crippen LogP contribution in [0.5, 0.6) is 0 Å². The van der Waals surface area contributed by atoms with E-state index in [1.807, 2.05) is 30.3 Å². The molecule has 3 nitrogen and oxygen atoms in total. The number of nitrogens with zero attached hydrogens (tertiary/aromatic N) is 2. The largest absolute Gasteiger partial charge is 0.310 e. The number of benzene rings is 2. The molecule has 3 rings (SSSR count). The minimum Gasteiger partial charge on any atom is -0.310 e. The van der Waals surface area contributed by atoms with Crippen LogP contribution < -0.4 is 5.32 Å². The van der Waals surface area contributed by atoms with E-state index in [1.54, 1.807) is 0 Å². The van der Waals surface area contributed by atoms with Crippen molar-refractivity contribution in [3.05, 3.63) is 70.2 Å². The molecule has 1 N–H and O–H groups in total. The molecule has 156 valence electrons. The molecule has 0 aromatic heterocycles. The Labute approximate surface area is 185 Å². The molecule has 1 aliphatic rings. The van der Waals surface area contributed by atoms with Crippen LogP contribution >= 0.6 is 11.6 Å². The van der Waals surface area contributed by atoms with Crippen molar-refractivity contribution >= 4 is 11.6 Å². The molecule has 1 aliphatic carbocycles. The smallest absolute Gasteiger partial charge is 0.0991 e. The second-order valence-electron chi connectivity index (χ2n) is 8.50. The zero-order valence-electron chi connectivity index (χ0n) is 17.7. The molecule has 1 fully saturated rings. The van der Waals surface area contributed by atoms with Crippen LogP contribution in [-0.4, -0.2) is 12.1 Å². The van der Waals surface area contributed by atoms with Gasteiger partial charge >= 0.3 is 0 Å². The third kappa shape index (κ3) is 6.09. The van der Waals surface area contributed by atoms with E-state index in [-0.39, 0.29) is 18.0 Å². The fourth-order valence-electron chi connectivity index (χ4n) is 4.75. The van der Waals surface area contributed by atoms with Crippen molar-refractivity contribution in [2.24, 2.45) is 5.92 Å². The lowest BCUT2D eigenvalue weighted by atomic mass is 9.81. The minimum atomic E-state index is 0.176. The first-order chi connectivity index (χ1) is 14.6. The maximum absolute atomic E-state index is 9.43. The summed E-state index contributed by atoms with van der Waals surface area (Å²) in [6.45, 7) is 2.22. The van der Waals surface area contributed by atoms with E-state index < -0.39 is 0 Å². The molecule has 4 heteroatoms. The van der Waals surface area contributed by atoms with E-state index in [2.05, 4.69) is 42.6 Å². The molecular formula is C26H30ClN3. The Kier molecular flexibility index (Phi) is 8.32. The van der Waals surface area contributed by atoms with Gasteiger partial charge in [-0.05, 0) is 67.5 Å². The maximum atomic E-state index is 9.43. The van der Waals surface area contributed by atoms with E-state index in [0.717, 1.165) is 17.0 Å². The normalized spacial score (nSPS) is 17.5. The molecule has 2 aromatic rings. The van der Waals surface area contributed by atoms with Crippen molar-refractivity contribution in [1.82, 2.24) is 5.32 Å². The van der Waals surface area contributed by atoms with E-state index in [9.17, 15) is 10.5 Å². The lowest BCUT2D eigenvalue weighted by Gasteiger charge is -2.35. The number of hydrogen-bond donors (Lipinski definition) is 1. The summed E-state index contributed by atoms with van der Waals surface area (Å²) in [5, 5.41) is 23.4. The van der Waals surface area contributed by atoms with Crippen LogP contribution in [0.2, 0.25) is 5.02 Å². The molecule has 2 unspecified atom stereocenters. The molecule has 2 aromatic carbocycles. The summed E-state index contributed by atoms with van der Waals surface area (Å²) in [6.07, 6.45) is 7.65. The van der Waals surface area contributed by atoms with Crippen LogP contribution in [0.4, 0.5) is 0 Å². The molecule has 0 spiro atoms.